The van der Waals surface area contributed by atoms with Crippen molar-refractivity contribution in [3.63, 3.8) is 0 Å². The average molecular weight is 285 g/mol. The minimum atomic E-state index is -3.68. The fourth-order valence-electron chi connectivity index (χ4n) is 1.33. The van der Waals surface area contributed by atoms with E-state index in [4.69, 9.17) is 5.73 Å². The Hall–Kier alpha value is -1.62. The van der Waals surface area contributed by atoms with E-state index < -0.39 is 16.0 Å². The highest BCUT2D eigenvalue weighted by atomic mass is 32.2. The van der Waals surface area contributed by atoms with Crippen LogP contribution in [0.5, 0.6) is 0 Å². The van der Waals surface area contributed by atoms with Gasteiger partial charge in [-0.2, -0.15) is 13.1 Å². The minimum Gasteiger partial charge on any atom is -0.320 e. The SMILES string of the molecule is CC(C)NS(=O)(=O)Nc1ccc(F)c(C#CCN)c1. The van der Waals surface area contributed by atoms with E-state index >= 15 is 0 Å². The lowest BCUT2D eigenvalue weighted by atomic mass is 10.2. The van der Waals surface area contributed by atoms with Crippen molar-refractivity contribution in [2.75, 3.05) is 11.3 Å². The number of benzene rings is 1. The standard InChI is InChI=1S/C12H16FN3O2S/c1-9(2)15-19(17,18)16-11-5-6-12(13)10(8-11)4-3-7-14/h5-6,8-9,15-16H,7,14H2,1-2H3. The van der Waals surface area contributed by atoms with Gasteiger partial charge in [0.1, 0.15) is 5.82 Å². The predicted octanol–water partition coefficient (Wildman–Crippen LogP) is 0.791. The van der Waals surface area contributed by atoms with Crippen LogP contribution in [0.3, 0.4) is 0 Å². The summed E-state index contributed by atoms with van der Waals surface area (Å²) >= 11 is 0. The molecule has 1 aromatic carbocycles. The first-order valence-corrected chi connectivity index (χ1v) is 7.11. The number of rotatable bonds is 4. The van der Waals surface area contributed by atoms with E-state index in [0.29, 0.717) is 0 Å². The van der Waals surface area contributed by atoms with Gasteiger partial charge in [0.25, 0.3) is 10.2 Å². The van der Waals surface area contributed by atoms with E-state index in [-0.39, 0.29) is 23.8 Å². The highest BCUT2D eigenvalue weighted by Gasteiger charge is 2.12. The topological polar surface area (TPSA) is 84.2 Å². The number of hydrogen-bond acceptors (Lipinski definition) is 3. The van der Waals surface area contributed by atoms with Gasteiger partial charge in [0, 0.05) is 6.04 Å². The molecule has 19 heavy (non-hydrogen) atoms. The average Bonchev–Trinajstić information content (AvgIpc) is 2.27. The Kier molecular flexibility index (Phi) is 5.30. The second kappa shape index (κ2) is 6.52. The molecule has 0 radical (unpaired) electrons. The van der Waals surface area contributed by atoms with Crippen molar-refractivity contribution in [1.82, 2.24) is 4.72 Å². The zero-order valence-corrected chi connectivity index (χ0v) is 11.5. The first kappa shape index (κ1) is 15.4. The van der Waals surface area contributed by atoms with Crippen LogP contribution in [-0.2, 0) is 10.2 Å². The van der Waals surface area contributed by atoms with E-state index in [1.165, 1.54) is 12.1 Å². The van der Waals surface area contributed by atoms with E-state index in [1.54, 1.807) is 13.8 Å². The summed E-state index contributed by atoms with van der Waals surface area (Å²) in [5, 5.41) is 0. The van der Waals surface area contributed by atoms with Crippen molar-refractivity contribution in [3.05, 3.63) is 29.6 Å². The zero-order chi connectivity index (χ0) is 14.5. The summed E-state index contributed by atoms with van der Waals surface area (Å²) < 4.78 is 41.3. The summed E-state index contributed by atoms with van der Waals surface area (Å²) in [6.45, 7) is 3.49. The molecule has 104 valence electrons. The molecular formula is C12H16FN3O2S. The Bertz CT molecular complexity index is 603. The van der Waals surface area contributed by atoms with Gasteiger partial charge in [0.15, 0.2) is 0 Å². The second-order valence-corrected chi connectivity index (χ2v) is 5.53. The van der Waals surface area contributed by atoms with E-state index in [0.717, 1.165) is 6.07 Å². The van der Waals surface area contributed by atoms with Crippen molar-refractivity contribution in [3.8, 4) is 11.8 Å². The Morgan fingerprint density at radius 2 is 2.11 bits per heavy atom. The molecule has 0 amide bonds. The van der Waals surface area contributed by atoms with Crippen molar-refractivity contribution in [1.29, 1.82) is 0 Å². The van der Waals surface area contributed by atoms with E-state index in [9.17, 15) is 12.8 Å². The van der Waals surface area contributed by atoms with Gasteiger partial charge in [-0.3, -0.25) is 4.72 Å². The molecule has 0 saturated carbocycles. The normalized spacial score (nSPS) is 11.0. The highest BCUT2D eigenvalue weighted by molar-refractivity contribution is 7.90. The van der Waals surface area contributed by atoms with Crippen molar-refractivity contribution in [2.45, 2.75) is 19.9 Å². The Morgan fingerprint density at radius 1 is 1.42 bits per heavy atom. The molecule has 0 heterocycles. The molecule has 7 heteroatoms. The lowest BCUT2D eigenvalue weighted by molar-refractivity contribution is 0.575. The summed E-state index contributed by atoms with van der Waals surface area (Å²) in [5.74, 6) is 4.52. The summed E-state index contributed by atoms with van der Waals surface area (Å²) in [6, 6.07) is 3.54. The fourth-order valence-corrected chi connectivity index (χ4v) is 2.44. The van der Waals surface area contributed by atoms with Crippen LogP contribution in [0.15, 0.2) is 18.2 Å². The van der Waals surface area contributed by atoms with E-state index in [2.05, 4.69) is 21.3 Å². The first-order chi connectivity index (χ1) is 8.84. The minimum absolute atomic E-state index is 0.0928. The van der Waals surface area contributed by atoms with Gasteiger partial charge in [-0.25, -0.2) is 4.39 Å². The van der Waals surface area contributed by atoms with E-state index in [1.807, 2.05) is 0 Å². The molecule has 0 aromatic heterocycles. The van der Waals surface area contributed by atoms with Gasteiger partial charge in [0.2, 0.25) is 0 Å². The maximum Gasteiger partial charge on any atom is 0.299 e. The monoisotopic (exact) mass is 285 g/mol. The van der Waals surface area contributed by atoms with Crippen LogP contribution in [0.4, 0.5) is 10.1 Å². The lowest BCUT2D eigenvalue weighted by Crippen LogP contribution is -2.35. The maximum atomic E-state index is 13.4. The fraction of sp³-hybridized carbons (Fsp3) is 0.333. The van der Waals surface area contributed by atoms with Gasteiger partial charge in [-0.1, -0.05) is 11.8 Å². The van der Waals surface area contributed by atoms with Crippen LogP contribution < -0.4 is 15.2 Å². The number of nitrogens with one attached hydrogen (secondary N) is 2. The molecule has 0 saturated heterocycles. The van der Waals surface area contributed by atoms with Gasteiger partial charge >= 0.3 is 0 Å². The highest BCUT2D eigenvalue weighted by Crippen LogP contribution is 2.15. The molecule has 0 unspecified atom stereocenters. The summed E-state index contributed by atoms with van der Waals surface area (Å²) in [7, 11) is -3.68. The van der Waals surface area contributed by atoms with Crippen LogP contribution >= 0.6 is 0 Å². The molecule has 4 N–H and O–H groups in total. The maximum absolute atomic E-state index is 13.4. The molecule has 5 nitrogen and oxygen atoms in total. The summed E-state index contributed by atoms with van der Waals surface area (Å²) in [6.07, 6.45) is 0. The third-order valence-corrected chi connectivity index (χ3v) is 3.22. The number of nitrogens with two attached hydrogens (primary N) is 1. The predicted molar refractivity (Wildman–Crippen MR) is 73.1 cm³/mol. The number of halogens is 1. The molecule has 0 aliphatic heterocycles. The smallest absolute Gasteiger partial charge is 0.299 e. The van der Waals surface area contributed by atoms with Crippen LogP contribution in [0.1, 0.15) is 19.4 Å². The molecule has 0 spiro atoms. The van der Waals surface area contributed by atoms with Crippen LogP contribution in [0.2, 0.25) is 0 Å². The zero-order valence-electron chi connectivity index (χ0n) is 10.7. The third-order valence-electron chi connectivity index (χ3n) is 1.93. The van der Waals surface area contributed by atoms with Gasteiger partial charge in [0.05, 0.1) is 17.8 Å². The molecule has 0 bridgehead atoms. The summed E-state index contributed by atoms with van der Waals surface area (Å²) in [5.41, 5.74) is 5.53. The molecule has 0 fully saturated rings. The third kappa shape index (κ3) is 5.26. The van der Waals surface area contributed by atoms with Crippen LogP contribution in [0.25, 0.3) is 0 Å². The Morgan fingerprint density at radius 3 is 2.68 bits per heavy atom. The Labute approximate surface area is 112 Å². The molecule has 1 rings (SSSR count). The molecule has 0 aliphatic rings. The number of anilines is 1. The van der Waals surface area contributed by atoms with Crippen molar-refractivity contribution < 1.29 is 12.8 Å². The van der Waals surface area contributed by atoms with Crippen molar-refractivity contribution >= 4 is 15.9 Å². The first-order valence-electron chi connectivity index (χ1n) is 5.62. The van der Waals surface area contributed by atoms with Crippen LogP contribution in [0, 0.1) is 17.7 Å². The van der Waals surface area contributed by atoms with Gasteiger partial charge in [-0.05, 0) is 32.0 Å². The molecular weight excluding hydrogens is 269 g/mol. The number of hydrogen-bond donors (Lipinski definition) is 3. The van der Waals surface area contributed by atoms with Gasteiger partial charge < -0.3 is 5.73 Å². The van der Waals surface area contributed by atoms with Crippen LogP contribution in [-0.4, -0.2) is 21.0 Å². The summed E-state index contributed by atoms with van der Waals surface area (Å²) in [4.78, 5) is 0. The quantitative estimate of drug-likeness (QED) is 0.715. The molecule has 0 atom stereocenters. The molecule has 0 aliphatic carbocycles. The van der Waals surface area contributed by atoms with Gasteiger partial charge in [-0.15, -0.1) is 0 Å². The Balaban J connectivity index is 2.97. The largest absolute Gasteiger partial charge is 0.320 e. The lowest BCUT2D eigenvalue weighted by Gasteiger charge is -2.11. The molecule has 1 aromatic rings. The van der Waals surface area contributed by atoms with Crippen molar-refractivity contribution in [2.24, 2.45) is 5.73 Å². The second-order valence-electron chi connectivity index (χ2n) is 4.08.